The second-order valence-electron chi connectivity index (χ2n) is 5.57. The standard InChI is InChI=1S/C15H25N5S/c1-5-13-18-14(6-2)20(19-13)9-12-10-21-15(17-12)8-16-7-11(3)4/h10-11,16H,5-9H2,1-4H3. The quantitative estimate of drug-likeness (QED) is 0.814. The van der Waals surface area contributed by atoms with Crippen LogP contribution in [0.5, 0.6) is 0 Å². The first-order chi connectivity index (χ1) is 10.1. The SMILES string of the molecule is CCc1nc(CC)n(Cc2csc(CNCC(C)C)n2)n1. The molecule has 6 heteroatoms. The van der Waals surface area contributed by atoms with Crippen molar-refractivity contribution in [1.82, 2.24) is 25.1 Å². The molecule has 0 aliphatic heterocycles. The second kappa shape index (κ2) is 7.66. The Hall–Kier alpha value is -1.27. The van der Waals surface area contributed by atoms with E-state index in [1.54, 1.807) is 11.3 Å². The first-order valence-electron chi connectivity index (χ1n) is 7.68. The van der Waals surface area contributed by atoms with Crippen LogP contribution in [0.15, 0.2) is 5.38 Å². The maximum atomic E-state index is 4.68. The molecule has 0 fully saturated rings. The summed E-state index contributed by atoms with van der Waals surface area (Å²) in [7, 11) is 0. The number of aromatic nitrogens is 4. The van der Waals surface area contributed by atoms with Crippen molar-refractivity contribution >= 4 is 11.3 Å². The van der Waals surface area contributed by atoms with E-state index in [9.17, 15) is 0 Å². The van der Waals surface area contributed by atoms with Crippen LogP contribution in [-0.4, -0.2) is 26.3 Å². The van der Waals surface area contributed by atoms with Crippen molar-refractivity contribution in [2.45, 2.75) is 53.6 Å². The monoisotopic (exact) mass is 307 g/mol. The van der Waals surface area contributed by atoms with E-state index >= 15 is 0 Å². The number of nitrogens with one attached hydrogen (secondary N) is 1. The summed E-state index contributed by atoms with van der Waals surface area (Å²) in [5.74, 6) is 2.62. The normalized spacial score (nSPS) is 11.5. The Kier molecular flexibility index (Phi) is 5.87. The predicted octanol–water partition coefficient (Wildman–Crippen LogP) is 2.65. The Balaban J connectivity index is 1.97. The lowest BCUT2D eigenvalue weighted by Crippen LogP contribution is -2.18. The summed E-state index contributed by atoms with van der Waals surface area (Å²) >= 11 is 1.71. The fourth-order valence-corrected chi connectivity index (χ4v) is 2.84. The van der Waals surface area contributed by atoms with E-state index in [0.717, 1.165) is 54.8 Å². The summed E-state index contributed by atoms with van der Waals surface area (Å²) in [6.07, 6.45) is 1.78. The average Bonchev–Trinajstić information content (AvgIpc) is 3.05. The molecule has 2 aromatic heterocycles. The fourth-order valence-electron chi connectivity index (χ4n) is 2.09. The highest BCUT2D eigenvalue weighted by atomic mass is 32.1. The van der Waals surface area contributed by atoms with Crippen LogP contribution in [0.1, 0.15) is 50.0 Å². The van der Waals surface area contributed by atoms with Gasteiger partial charge < -0.3 is 5.32 Å². The summed E-state index contributed by atoms with van der Waals surface area (Å²) in [6.45, 7) is 11.2. The molecule has 0 aliphatic rings. The summed E-state index contributed by atoms with van der Waals surface area (Å²) in [4.78, 5) is 9.21. The van der Waals surface area contributed by atoms with Crippen molar-refractivity contribution in [3.8, 4) is 0 Å². The van der Waals surface area contributed by atoms with Crippen LogP contribution in [0.25, 0.3) is 0 Å². The molecule has 0 saturated carbocycles. The molecular weight excluding hydrogens is 282 g/mol. The minimum atomic E-state index is 0.666. The first kappa shape index (κ1) is 16.1. The lowest BCUT2D eigenvalue weighted by atomic mass is 10.2. The van der Waals surface area contributed by atoms with Crippen molar-refractivity contribution in [3.05, 3.63) is 27.7 Å². The zero-order chi connectivity index (χ0) is 15.2. The zero-order valence-corrected chi connectivity index (χ0v) is 14.2. The topological polar surface area (TPSA) is 55.6 Å². The van der Waals surface area contributed by atoms with Gasteiger partial charge in [0.2, 0.25) is 0 Å². The van der Waals surface area contributed by atoms with Gasteiger partial charge in [-0.1, -0.05) is 27.7 Å². The van der Waals surface area contributed by atoms with Crippen LogP contribution in [0.4, 0.5) is 0 Å². The molecule has 2 aromatic rings. The van der Waals surface area contributed by atoms with Gasteiger partial charge in [0.15, 0.2) is 5.82 Å². The highest BCUT2D eigenvalue weighted by Gasteiger charge is 2.09. The molecule has 0 amide bonds. The van der Waals surface area contributed by atoms with Crippen molar-refractivity contribution in [1.29, 1.82) is 0 Å². The Morgan fingerprint density at radius 3 is 2.71 bits per heavy atom. The first-order valence-corrected chi connectivity index (χ1v) is 8.56. The molecule has 0 radical (unpaired) electrons. The number of hydrogen-bond acceptors (Lipinski definition) is 5. The van der Waals surface area contributed by atoms with Gasteiger partial charge in [0.05, 0.1) is 12.2 Å². The van der Waals surface area contributed by atoms with Crippen molar-refractivity contribution in [3.63, 3.8) is 0 Å². The summed E-state index contributed by atoms with van der Waals surface area (Å²) in [5.41, 5.74) is 1.07. The Bertz CT molecular complexity index is 558. The van der Waals surface area contributed by atoms with Crippen LogP contribution in [0, 0.1) is 5.92 Å². The van der Waals surface area contributed by atoms with Gasteiger partial charge in [-0.2, -0.15) is 5.10 Å². The molecule has 2 heterocycles. The third kappa shape index (κ3) is 4.61. The molecule has 0 aliphatic carbocycles. The minimum absolute atomic E-state index is 0.666. The van der Waals surface area contributed by atoms with Gasteiger partial charge in [-0.15, -0.1) is 11.3 Å². The Morgan fingerprint density at radius 1 is 1.24 bits per heavy atom. The Morgan fingerprint density at radius 2 is 2.05 bits per heavy atom. The number of aryl methyl sites for hydroxylation is 2. The second-order valence-corrected chi connectivity index (χ2v) is 6.51. The molecule has 21 heavy (non-hydrogen) atoms. The third-order valence-electron chi connectivity index (χ3n) is 3.16. The molecule has 0 spiro atoms. The predicted molar refractivity (Wildman–Crippen MR) is 86.5 cm³/mol. The van der Waals surface area contributed by atoms with E-state index in [4.69, 9.17) is 0 Å². The molecule has 0 aromatic carbocycles. The van der Waals surface area contributed by atoms with E-state index < -0.39 is 0 Å². The van der Waals surface area contributed by atoms with Gasteiger partial charge in [-0.05, 0) is 12.5 Å². The smallest absolute Gasteiger partial charge is 0.150 e. The molecule has 5 nitrogen and oxygen atoms in total. The van der Waals surface area contributed by atoms with Gasteiger partial charge in [0.25, 0.3) is 0 Å². The average molecular weight is 307 g/mol. The number of nitrogens with zero attached hydrogens (tertiary/aromatic N) is 4. The number of rotatable bonds is 8. The van der Waals surface area contributed by atoms with Crippen molar-refractivity contribution in [2.75, 3.05) is 6.54 Å². The summed E-state index contributed by atoms with van der Waals surface area (Å²) in [5, 5.41) is 11.2. The number of thiazole rings is 1. The molecule has 0 atom stereocenters. The van der Waals surface area contributed by atoms with Gasteiger partial charge in [-0.3, -0.25) is 0 Å². The van der Waals surface area contributed by atoms with Gasteiger partial charge in [-0.25, -0.2) is 14.6 Å². The molecule has 1 N–H and O–H groups in total. The summed E-state index contributed by atoms with van der Waals surface area (Å²) < 4.78 is 1.99. The van der Waals surface area contributed by atoms with E-state index in [1.807, 2.05) is 4.68 Å². The van der Waals surface area contributed by atoms with Crippen LogP contribution in [0.2, 0.25) is 0 Å². The summed E-state index contributed by atoms with van der Waals surface area (Å²) in [6, 6.07) is 0. The van der Waals surface area contributed by atoms with Crippen LogP contribution >= 0.6 is 11.3 Å². The van der Waals surface area contributed by atoms with E-state index in [-0.39, 0.29) is 0 Å². The minimum Gasteiger partial charge on any atom is -0.310 e. The Labute approximate surface area is 130 Å². The zero-order valence-electron chi connectivity index (χ0n) is 13.4. The van der Waals surface area contributed by atoms with Gasteiger partial charge in [0, 0.05) is 24.8 Å². The lowest BCUT2D eigenvalue weighted by Gasteiger charge is -2.04. The van der Waals surface area contributed by atoms with E-state index in [2.05, 4.69) is 53.5 Å². The highest BCUT2D eigenvalue weighted by molar-refractivity contribution is 7.09. The highest BCUT2D eigenvalue weighted by Crippen LogP contribution is 2.12. The van der Waals surface area contributed by atoms with Crippen molar-refractivity contribution in [2.24, 2.45) is 5.92 Å². The molecule has 116 valence electrons. The maximum absolute atomic E-state index is 4.68. The van der Waals surface area contributed by atoms with Gasteiger partial charge in [0.1, 0.15) is 10.8 Å². The molecule has 0 bridgehead atoms. The fraction of sp³-hybridized carbons (Fsp3) is 0.667. The van der Waals surface area contributed by atoms with Crippen molar-refractivity contribution < 1.29 is 0 Å². The van der Waals surface area contributed by atoms with Gasteiger partial charge >= 0.3 is 0 Å². The molecule has 2 rings (SSSR count). The van der Waals surface area contributed by atoms with Crippen LogP contribution < -0.4 is 5.32 Å². The maximum Gasteiger partial charge on any atom is 0.150 e. The largest absolute Gasteiger partial charge is 0.310 e. The van der Waals surface area contributed by atoms with E-state index in [1.165, 1.54) is 0 Å². The molecular formula is C15H25N5S. The van der Waals surface area contributed by atoms with Crippen LogP contribution in [0.3, 0.4) is 0 Å². The third-order valence-corrected chi connectivity index (χ3v) is 4.06. The molecule has 0 saturated heterocycles. The lowest BCUT2D eigenvalue weighted by molar-refractivity contribution is 0.550. The number of hydrogen-bond donors (Lipinski definition) is 1. The molecule has 0 unspecified atom stereocenters. The van der Waals surface area contributed by atoms with E-state index in [0.29, 0.717) is 5.92 Å². The van der Waals surface area contributed by atoms with Crippen LogP contribution in [-0.2, 0) is 25.9 Å².